The Morgan fingerprint density at radius 3 is 2.96 bits per heavy atom. The van der Waals surface area contributed by atoms with Crippen LogP contribution in [-0.4, -0.2) is 51.9 Å². The highest BCUT2D eigenvalue weighted by molar-refractivity contribution is 7.99. The summed E-state index contributed by atoms with van der Waals surface area (Å²) in [5, 5.41) is 11.8. The van der Waals surface area contributed by atoms with Crippen molar-refractivity contribution in [2.75, 3.05) is 23.4 Å². The molecular formula is C16H18N2O4S. The zero-order chi connectivity index (χ0) is 16.4. The summed E-state index contributed by atoms with van der Waals surface area (Å²) in [5.41, 5.74) is 2.27. The Kier molecular flexibility index (Phi) is 4.56. The number of carboxylic acids is 1. The highest BCUT2D eigenvalue weighted by atomic mass is 32.2. The van der Waals surface area contributed by atoms with Crippen molar-refractivity contribution < 1.29 is 19.5 Å². The Morgan fingerprint density at radius 2 is 2.17 bits per heavy atom. The van der Waals surface area contributed by atoms with E-state index in [1.165, 1.54) is 0 Å². The van der Waals surface area contributed by atoms with Crippen LogP contribution in [0.5, 0.6) is 0 Å². The Morgan fingerprint density at radius 1 is 1.35 bits per heavy atom. The third-order valence-electron chi connectivity index (χ3n) is 4.15. The molecule has 2 N–H and O–H groups in total. The molecule has 1 saturated heterocycles. The number of fused-ring (bicyclic) bond motifs is 1. The molecule has 3 rings (SSSR count). The van der Waals surface area contributed by atoms with Gasteiger partial charge in [0.15, 0.2) is 0 Å². The lowest BCUT2D eigenvalue weighted by Crippen LogP contribution is -2.47. The Hall–Kier alpha value is -2.02. The lowest BCUT2D eigenvalue weighted by Gasteiger charge is -2.35. The number of aryl methyl sites for hydroxylation is 1. The maximum Gasteiger partial charge on any atom is 0.305 e. The number of amides is 2. The van der Waals surface area contributed by atoms with Gasteiger partial charge in [-0.05, 0) is 30.2 Å². The van der Waals surface area contributed by atoms with Gasteiger partial charge in [-0.2, -0.15) is 11.8 Å². The first-order chi connectivity index (χ1) is 11.0. The first kappa shape index (κ1) is 15.9. The molecule has 1 atom stereocenters. The SMILES string of the molecule is O=C(O)CC1CSCCN1C(=O)c1ccc2c(c1)CCC(=O)N2. The van der Waals surface area contributed by atoms with Crippen molar-refractivity contribution in [3.8, 4) is 0 Å². The van der Waals surface area contributed by atoms with Crippen molar-refractivity contribution in [3.63, 3.8) is 0 Å². The molecule has 0 saturated carbocycles. The van der Waals surface area contributed by atoms with Crippen molar-refractivity contribution in [1.82, 2.24) is 4.90 Å². The van der Waals surface area contributed by atoms with E-state index >= 15 is 0 Å². The molecule has 0 bridgehead atoms. The topological polar surface area (TPSA) is 86.7 Å². The van der Waals surface area contributed by atoms with Crippen LogP contribution < -0.4 is 5.32 Å². The number of carbonyl (C=O) groups is 3. The van der Waals surface area contributed by atoms with Gasteiger partial charge >= 0.3 is 5.97 Å². The maximum absolute atomic E-state index is 12.8. The number of anilines is 1. The van der Waals surface area contributed by atoms with E-state index in [1.807, 2.05) is 6.07 Å². The van der Waals surface area contributed by atoms with Crippen LogP contribution in [0.4, 0.5) is 5.69 Å². The number of aliphatic carboxylic acids is 1. The predicted molar refractivity (Wildman–Crippen MR) is 87.8 cm³/mol. The number of nitrogens with zero attached hydrogens (tertiary/aromatic N) is 1. The molecule has 7 heteroatoms. The van der Waals surface area contributed by atoms with Crippen LogP contribution in [0.2, 0.25) is 0 Å². The van der Waals surface area contributed by atoms with Gasteiger partial charge in [-0.15, -0.1) is 0 Å². The molecule has 1 unspecified atom stereocenters. The molecule has 2 aliphatic heterocycles. The van der Waals surface area contributed by atoms with Gasteiger partial charge in [0.25, 0.3) is 5.91 Å². The molecular weight excluding hydrogens is 316 g/mol. The second-order valence-corrected chi connectivity index (χ2v) is 6.90. The molecule has 122 valence electrons. The Labute approximate surface area is 138 Å². The first-order valence-corrected chi connectivity index (χ1v) is 8.73. The quantitative estimate of drug-likeness (QED) is 0.877. The molecule has 1 aromatic rings. The predicted octanol–water partition coefficient (Wildman–Crippen LogP) is 1.60. The monoisotopic (exact) mass is 334 g/mol. The molecule has 23 heavy (non-hydrogen) atoms. The molecule has 0 aromatic heterocycles. The normalized spacial score (nSPS) is 20.6. The average Bonchev–Trinajstić information content (AvgIpc) is 2.53. The smallest absolute Gasteiger partial charge is 0.305 e. The van der Waals surface area contributed by atoms with Crippen LogP contribution in [0.1, 0.15) is 28.8 Å². The summed E-state index contributed by atoms with van der Waals surface area (Å²) < 4.78 is 0. The summed E-state index contributed by atoms with van der Waals surface area (Å²) in [5.74, 6) is 0.452. The van der Waals surface area contributed by atoms with E-state index < -0.39 is 5.97 Å². The minimum absolute atomic E-state index is 0.00819. The minimum Gasteiger partial charge on any atom is -0.481 e. The summed E-state index contributed by atoms with van der Waals surface area (Å²) in [7, 11) is 0. The van der Waals surface area contributed by atoms with Crippen LogP contribution in [0.25, 0.3) is 0 Å². The fourth-order valence-electron chi connectivity index (χ4n) is 2.98. The van der Waals surface area contributed by atoms with Crippen LogP contribution in [0.3, 0.4) is 0 Å². The molecule has 2 heterocycles. The van der Waals surface area contributed by atoms with Gasteiger partial charge in [0.2, 0.25) is 5.91 Å². The van der Waals surface area contributed by atoms with Crippen molar-refractivity contribution in [2.45, 2.75) is 25.3 Å². The van der Waals surface area contributed by atoms with Crippen molar-refractivity contribution in [3.05, 3.63) is 29.3 Å². The molecule has 2 amide bonds. The Bertz CT molecular complexity index is 661. The third-order valence-corrected chi connectivity index (χ3v) is 5.24. The number of carboxylic acid groups (broad SMARTS) is 1. The largest absolute Gasteiger partial charge is 0.481 e. The zero-order valence-electron chi connectivity index (χ0n) is 12.6. The molecule has 1 aromatic carbocycles. The van der Waals surface area contributed by atoms with Crippen molar-refractivity contribution >= 4 is 35.2 Å². The molecule has 6 nitrogen and oxygen atoms in total. The summed E-state index contributed by atoms with van der Waals surface area (Å²) in [6.07, 6.45) is 1.02. The van der Waals surface area contributed by atoms with E-state index in [-0.39, 0.29) is 24.3 Å². The molecule has 0 aliphatic carbocycles. The van der Waals surface area contributed by atoms with Gasteiger partial charge in [0.05, 0.1) is 12.5 Å². The Balaban J connectivity index is 1.81. The summed E-state index contributed by atoms with van der Waals surface area (Å²) >= 11 is 1.68. The third kappa shape index (κ3) is 3.50. The van der Waals surface area contributed by atoms with E-state index in [1.54, 1.807) is 28.8 Å². The number of rotatable bonds is 3. The highest BCUT2D eigenvalue weighted by Gasteiger charge is 2.30. The standard InChI is InChI=1S/C16H18N2O4S/c19-14-4-2-10-7-11(1-3-13(10)17-14)16(22)18-5-6-23-9-12(18)8-15(20)21/h1,3,7,12H,2,4-6,8-9H2,(H,17,19)(H,20,21). The molecule has 0 spiro atoms. The van der Waals surface area contributed by atoms with Crippen LogP contribution >= 0.6 is 11.8 Å². The van der Waals surface area contributed by atoms with Gasteiger partial charge < -0.3 is 15.3 Å². The molecule has 1 fully saturated rings. The average molecular weight is 334 g/mol. The van der Waals surface area contributed by atoms with E-state index in [0.29, 0.717) is 30.7 Å². The fourth-order valence-corrected chi connectivity index (χ4v) is 4.04. The van der Waals surface area contributed by atoms with Gasteiger partial charge in [-0.25, -0.2) is 0 Å². The van der Waals surface area contributed by atoms with Crippen molar-refractivity contribution in [1.29, 1.82) is 0 Å². The second-order valence-electron chi connectivity index (χ2n) is 5.75. The lowest BCUT2D eigenvalue weighted by atomic mass is 9.99. The van der Waals surface area contributed by atoms with Gasteiger partial charge in [-0.1, -0.05) is 0 Å². The molecule has 2 aliphatic rings. The number of hydrogen-bond donors (Lipinski definition) is 2. The number of nitrogens with one attached hydrogen (secondary N) is 1. The van der Waals surface area contributed by atoms with E-state index in [9.17, 15) is 14.4 Å². The van der Waals surface area contributed by atoms with Crippen LogP contribution in [0, 0.1) is 0 Å². The number of carbonyl (C=O) groups excluding carboxylic acids is 2. The first-order valence-electron chi connectivity index (χ1n) is 7.58. The van der Waals surface area contributed by atoms with E-state index in [0.717, 1.165) is 17.0 Å². The minimum atomic E-state index is -0.886. The van der Waals surface area contributed by atoms with Crippen LogP contribution in [-0.2, 0) is 16.0 Å². The lowest BCUT2D eigenvalue weighted by molar-refractivity contribution is -0.138. The maximum atomic E-state index is 12.8. The van der Waals surface area contributed by atoms with Gasteiger partial charge in [0, 0.05) is 35.7 Å². The zero-order valence-corrected chi connectivity index (χ0v) is 13.4. The van der Waals surface area contributed by atoms with Crippen molar-refractivity contribution in [2.24, 2.45) is 0 Å². The van der Waals surface area contributed by atoms with E-state index in [2.05, 4.69) is 5.32 Å². The highest BCUT2D eigenvalue weighted by Crippen LogP contribution is 2.26. The second kappa shape index (κ2) is 6.62. The number of benzene rings is 1. The summed E-state index contributed by atoms with van der Waals surface area (Å²) in [4.78, 5) is 36.9. The molecule has 0 radical (unpaired) electrons. The van der Waals surface area contributed by atoms with Gasteiger partial charge in [0.1, 0.15) is 0 Å². The van der Waals surface area contributed by atoms with E-state index in [4.69, 9.17) is 5.11 Å². The van der Waals surface area contributed by atoms with Crippen LogP contribution in [0.15, 0.2) is 18.2 Å². The number of thioether (sulfide) groups is 1. The van der Waals surface area contributed by atoms with Gasteiger partial charge in [-0.3, -0.25) is 14.4 Å². The summed E-state index contributed by atoms with van der Waals surface area (Å²) in [6.45, 7) is 0.565. The fraction of sp³-hybridized carbons (Fsp3) is 0.438. The number of hydrogen-bond acceptors (Lipinski definition) is 4. The summed E-state index contributed by atoms with van der Waals surface area (Å²) in [6, 6.07) is 5.00.